The molecule has 0 saturated carbocycles. The molecule has 2 aromatic rings. The molecule has 156 valence electrons. The molecule has 0 bridgehead atoms. The van der Waals surface area contributed by atoms with Gasteiger partial charge in [0.1, 0.15) is 0 Å². The number of hydrogen-bond donors (Lipinski definition) is 1. The van der Waals surface area contributed by atoms with Gasteiger partial charge in [-0.05, 0) is 24.3 Å². The fourth-order valence-electron chi connectivity index (χ4n) is 3.10. The van der Waals surface area contributed by atoms with Crippen molar-refractivity contribution in [3.8, 4) is 0 Å². The minimum atomic E-state index is -4.57. The van der Waals surface area contributed by atoms with E-state index in [4.69, 9.17) is 0 Å². The molecule has 0 aliphatic carbocycles. The van der Waals surface area contributed by atoms with E-state index < -0.39 is 27.7 Å². The van der Waals surface area contributed by atoms with Crippen LogP contribution in [0.2, 0.25) is 0 Å². The summed E-state index contributed by atoms with van der Waals surface area (Å²) < 4.78 is 65.6. The molecule has 1 aliphatic heterocycles. The van der Waals surface area contributed by atoms with Crippen molar-refractivity contribution in [2.45, 2.75) is 11.1 Å². The second kappa shape index (κ2) is 8.52. The number of piperazine rings is 1. The summed E-state index contributed by atoms with van der Waals surface area (Å²) in [7, 11) is -3.60. The van der Waals surface area contributed by atoms with Crippen LogP contribution in [0.15, 0.2) is 59.5 Å². The van der Waals surface area contributed by atoms with Crippen LogP contribution in [0.4, 0.5) is 18.9 Å². The molecule has 1 heterocycles. The Morgan fingerprint density at radius 2 is 1.52 bits per heavy atom. The minimum Gasteiger partial charge on any atom is -0.324 e. The van der Waals surface area contributed by atoms with Crippen LogP contribution >= 0.6 is 0 Å². The van der Waals surface area contributed by atoms with E-state index in [1.165, 1.54) is 34.6 Å². The zero-order chi connectivity index (χ0) is 21.1. The summed E-state index contributed by atoms with van der Waals surface area (Å²) in [6.07, 6.45) is -4.57. The van der Waals surface area contributed by atoms with Crippen molar-refractivity contribution in [1.82, 2.24) is 9.21 Å². The molecule has 0 atom stereocenters. The fraction of sp³-hybridized carbons (Fsp3) is 0.316. The molecule has 0 radical (unpaired) electrons. The number of sulfonamides is 1. The number of hydrogen-bond acceptors (Lipinski definition) is 4. The highest BCUT2D eigenvalue weighted by molar-refractivity contribution is 7.89. The number of nitrogens with zero attached hydrogens (tertiary/aromatic N) is 2. The minimum absolute atomic E-state index is 0.120. The Labute approximate surface area is 167 Å². The molecule has 1 saturated heterocycles. The summed E-state index contributed by atoms with van der Waals surface area (Å²) in [6, 6.07) is 12.8. The number of para-hydroxylation sites is 1. The molecule has 1 fully saturated rings. The van der Waals surface area contributed by atoms with Crippen molar-refractivity contribution in [2.75, 3.05) is 38.0 Å². The van der Waals surface area contributed by atoms with Gasteiger partial charge in [-0.1, -0.05) is 30.3 Å². The van der Waals surface area contributed by atoms with Crippen LogP contribution in [0.1, 0.15) is 5.56 Å². The number of carbonyl (C=O) groups is 1. The summed E-state index contributed by atoms with van der Waals surface area (Å²) in [5, 5.41) is 2.30. The smallest absolute Gasteiger partial charge is 0.324 e. The lowest BCUT2D eigenvalue weighted by Gasteiger charge is -2.33. The molecule has 0 unspecified atom stereocenters. The number of carbonyl (C=O) groups excluding carboxylic acids is 1. The van der Waals surface area contributed by atoms with Crippen LogP contribution in [0, 0.1) is 0 Å². The fourth-order valence-corrected chi connectivity index (χ4v) is 4.54. The third-order valence-corrected chi connectivity index (χ3v) is 6.50. The van der Waals surface area contributed by atoms with E-state index in [0.29, 0.717) is 13.1 Å². The van der Waals surface area contributed by atoms with Crippen molar-refractivity contribution in [1.29, 1.82) is 0 Å². The Balaban J connectivity index is 1.57. The molecular formula is C19H20F3N3O3S. The van der Waals surface area contributed by atoms with Gasteiger partial charge in [-0.2, -0.15) is 17.5 Å². The largest absolute Gasteiger partial charge is 0.418 e. The van der Waals surface area contributed by atoms with Gasteiger partial charge in [-0.3, -0.25) is 9.69 Å². The first kappa shape index (κ1) is 21.3. The van der Waals surface area contributed by atoms with Gasteiger partial charge >= 0.3 is 6.18 Å². The summed E-state index contributed by atoms with van der Waals surface area (Å²) in [5.74, 6) is -0.582. The van der Waals surface area contributed by atoms with Crippen molar-refractivity contribution >= 4 is 21.6 Å². The van der Waals surface area contributed by atoms with Gasteiger partial charge in [0.25, 0.3) is 0 Å². The average Bonchev–Trinajstić information content (AvgIpc) is 2.68. The van der Waals surface area contributed by atoms with E-state index in [0.717, 1.165) is 6.07 Å². The van der Waals surface area contributed by atoms with Gasteiger partial charge in [0.2, 0.25) is 15.9 Å². The van der Waals surface area contributed by atoms with E-state index in [-0.39, 0.29) is 30.2 Å². The van der Waals surface area contributed by atoms with Gasteiger partial charge in [-0.25, -0.2) is 8.42 Å². The Kier molecular flexibility index (Phi) is 6.25. The topological polar surface area (TPSA) is 69.7 Å². The highest BCUT2D eigenvalue weighted by atomic mass is 32.2. The second-order valence-electron chi connectivity index (χ2n) is 6.58. The van der Waals surface area contributed by atoms with Gasteiger partial charge in [0, 0.05) is 26.2 Å². The van der Waals surface area contributed by atoms with Crippen LogP contribution in [0.25, 0.3) is 0 Å². The maximum atomic E-state index is 13.0. The normalized spacial score (nSPS) is 16.5. The number of nitrogens with one attached hydrogen (secondary N) is 1. The molecule has 0 aromatic heterocycles. The molecule has 6 nitrogen and oxygen atoms in total. The predicted molar refractivity (Wildman–Crippen MR) is 102 cm³/mol. The Morgan fingerprint density at radius 1 is 0.931 bits per heavy atom. The summed E-state index contributed by atoms with van der Waals surface area (Å²) >= 11 is 0. The number of rotatable bonds is 5. The monoisotopic (exact) mass is 427 g/mol. The highest BCUT2D eigenvalue weighted by Gasteiger charge is 2.34. The zero-order valence-corrected chi connectivity index (χ0v) is 16.2. The SMILES string of the molecule is O=C(CN1CCN(S(=O)(=O)c2ccccc2)CC1)Nc1ccccc1C(F)(F)F. The van der Waals surface area contributed by atoms with E-state index in [1.54, 1.807) is 23.1 Å². The third-order valence-electron chi connectivity index (χ3n) is 4.59. The van der Waals surface area contributed by atoms with E-state index in [2.05, 4.69) is 5.32 Å². The average molecular weight is 427 g/mol. The molecule has 1 aliphatic rings. The van der Waals surface area contributed by atoms with Gasteiger partial charge in [-0.15, -0.1) is 0 Å². The van der Waals surface area contributed by atoms with Crippen molar-refractivity contribution in [2.24, 2.45) is 0 Å². The molecule has 2 aromatic carbocycles. The first-order valence-electron chi connectivity index (χ1n) is 8.91. The number of alkyl halides is 3. The van der Waals surface area contributed by atoms with Gasteiger partial charge in [0.05, 0.1) is 22.7 Å². The molecule has 29 heavy (non-hydrogen) atoms. The molecule has 0 spiro atoms. The predicted octanol–water partition coefficient (Wildman–Crippen LogP) is 2.65. The Morgan fingerprint density at radius 3 is 2.14 bits per heavy atom. The lowest BCUT2D eigenvalue weighted by Crippen LogP contribution is -2.50. The van der Waals surface area contributed by atoms with Crippen LogP contribution in [-0.4, -0.2) is 56.3 Å². The maximum Gasteiger partial charge on any atom is 0.418 e. The first-order chi connectivity index (χ1) is 13.7. The van der Waals surface area contributed by atoms with E-state index in [9.17, 15) is 26.4 Å². The molecular weight excluding hydrogens is 407 g/mol. The first-order valence-corrected chi connectivity index (χ1v) is 10.4. The molecule has 1 amide bonds. The number of benzene rings is 2. The van der Waals surface area contributed by atoms with E-state index in [1.807, 2.05) is 0 Å². The number of amides is 1. The van der Waals surface area contributed by atoms with Crippen LogP contribution < -0.4 is 5.32 Å². The highest BCUT2D eigenvalue weighted by Crippen LogP contribution is 2.34. The summed E-state index contributed by atoms with van der Waals surface area (Å²) in [5.41, 5.74) is -1.21. The van der Waals surface area contributed by atoms with Crippen molar-refractivity contribution < 1.29 is 26.4 Å². The zero-order valence-electron chi connectivity index (χ0n) is 15.4. The second-order valence-corrected chi connectivity index (χ2v) is 8.52. The maximum absolute atomic E-state index is 13.0. The number of halogens is 3. The van der Waals surface area contributed by atoms with Crippen molar-refractivity contribution in [3.63, 3.8) is 0 Å². The lowest BCUT2D eigenvalue weighted by atomic mass is 10.1. The van der Waals surface area contributed by atoms with E-state index >= 15 is 0 Å². The van der Waals surface area contributed by atoms with Crippen LogP contribution in [0.3, 0.4) is 0 Å². The lowest BCUT2D eigenvalue weighted by molar-refractivity contribution is -0.137. The molecule has 1 N–H and O–H groups in total. The quantitative estimate of drug-likeness (QED) is 0.797. The third kappa shape index (κ3) is 5.14. The van der Waals surface area contributed by atoms with Gasteiger partial charge < -0.3 is 5.32 Å². The van der Waals surface area contributed by atoms with Crippen molar-refractivity contribution in [3.05, 3.63) is 60.2 Å². The number of anilines is 1. The molecule has 3 rings (SSSR count). The standard InChI is InChI=1S/C19H20F3N3O3S/c20-19(21,22)16-8-4-5-9-17(16)23-18(26)14-24-10-12-25(13-11-24)29(27,28)15-6-2-1-3-7-15/h1-9H,10-14H2,(H,23,26). The Bertz CT molecular complexity index is 957. The van der Waals surface area contributed by atoms with Crippen LogP contribution in [0.5, 0.6) is 0 Å². The van der Waals surface area contributed by atoms with Crippen LogP contribution in [-0.2, 0) is 21.0 Å². The Hall–Kier alpha value is -2.43. The summed E-state index contributed by atoms with van der Waals surface area (Å²) in [4.78, 5) is 14.1. The van der Waals surface area contributed by atoms with Gasteiger partial charge in [0.15, 0.2) is 0 Å². The summed E-state index contributed by atoms with van der Waals surface area (Å²) in [6.45, 7) is 0.888. The molecule has 10 heteroatoms.